The van der Waals surface area contributed by atoms with Crippen molar-refractivity contribution < 1.29 is 41.8 Å². The first kappa shape index (κ1) is 31.2. The van der Waals surface area contributed by atoms with Gasteiger partial charge in [0, 0.05) is 0 Å². The van der Waals surface area contributed by atoms with E-state index in [-0.39, 0.29) is 16.3 Å². The van der Waals surface area contributed by atoms with Gasteiger partial charge in [-0.1, -0.05) is 30.3 Å². The number of anilines is 1. The molecule has 3 aromatic rings. The number of imide groups is 1. The average molecular weight is 712 g/mol. The van der Waals surface area contributed by atoms with E-state index in [2.05, 4.69) is 27.9 Å². The molecule has 0 saturated carbocycles. The van der Waals surface area contributed by atoms with Gasteiger partial charge in [-0.2, -0.15) is 13.2 Å². The molecule has 1 aliphatic rings. The maximum atomic E-state index is 13.1. The zero-order chi connectivity index (χ0) is 30.4. The number of ether oxygens (including phenoxy) is 3. The highest BCUT2D eigenvalue weighted by Gasteiger charge is 2.37. The number of nitrogens with zero attached hydrogens (tertiary/aromatic N) is 1. The molecule has 0 radical (unpaired) electrons. The molecule has 0 aliphatic carbocycles. The second kappa shape index (κ2) is 13.5. The van der Waals surface area contributed by atoms with Gasteiger partial charge in [0.15, 0.2) is 11.5 Å². The van der Waals surface area contributed by atoms with Crippen LogP contribution in [0.15, 0.2) is 65.6 Å². The Kier molecular flexibility index (Phi) is 10.0. The minimum Gasteiger partial charge on any atom is -0.495 e. The fourth-order valence-corrected chi connectivity index (χ4v) is 5.53. The summed E-state index contributed by atoms with van der Waals surface area (Å²) >= 11 is 2.74. The molecule has 220 valence electrons. The normalized spacial score (nSPS) is 14.3. The van der Waals surface area contributed by atoms with E-state index in [0.29, 0.717) is 42.0 Å². The molecule has 0 unspecified atom stereocenters. The summed E-state index contributed by atoms with van der Waals surface area (Å²) in [6.07, 6.45) is -3.14. The number of methoxy groups -OCH3 is 1. The Labute approximate surface area is 257 Å². The average Bonchev–Trinajstić information content (AvgIpc) is 3.20. The van der Waals surface area contributed by atoms with E-state index in [9.17, 15) is 27.6 Å². The number of alkyl halides is 3. The van der Waals surface area contributed by atoms with Crippen molar-refractivity contribution in [2.24, 2.45) is 0 Å². The quantitative estimate of drug-likeness (QED) is 0.179. The number of nitrogens with one attached hydrogen (secondary N) is 1. The number of hydrogen-bond donors (Lipinski definition) is 1. The fourth-order valence-electron chi connectivity index (χ4n) is 3.91. The lowest BCUT2D eigenvalue weighted by atomic mass is 10.1. The summed E-state index contributed by atoms with van der Waals surface area (Å²) in [5.41, 5.74) is 0.306. The molecule has 1 saturated heterocycles. The summed E-state index contributed by atoms with van der Waals surface area (Å²) < 4.78 is 57.0. The lowest BCUT2D eigenvalue weighted by molar-refractivity contribution is -0.137. The Bertz CT molecular complexity index is 1530. The topological polar surface area (TPSA) is 94.2 Å². The van der Waals surface area contributed by atoms with E-state index >= 15 is 0 Å². The summed E-state index contributed by atoms with van der Waals surface area (Å²) in [6.45, 7) is 1.81. The number of rotatable bonds is 10. The molecule has 13 heteroatoms. The van der Waals surface area contributed by atoms with Crippen molar-refractivity contribution in [1.29, 1.82) is 0 Å². The van der Waals surface area contributed by atoms with Gasteiger partial charge in [0.1, 0.15) is 18.9 Å². The Morgan fingerprint density at radius 1 is 1.05 bits per heavy atom. The third-order valence-corrected chi connectivity index (χ3v) is 7.54. The van der Waals surface area contributed by atoms with Crippen LogP contribution in [-0.2, 0) is 22.4 Å². The van der Waals surface area contributed by atoms with Crippen LogP contribution >= 0.6 is 34.4 Å². The Hall–Kier alpha value is -3.72. The molecule has 8 nitrogen and oxygen atoms in total. The fraction of sp³-hybridized carbons (Fsp3) is 0.207. The van der Waals surface area contributed by atoms with Gasteiger partial charge in [-0.05, 0) is 88.8 Å². The van der Waals surface area contributed by atoms with Crippen molar-refractivity contribution in [3.63, 3.8) is 0 Å². The summed E-state index contributed by atoms with van der Waals surface area (Å²) in [6, 6.07) is 15.7. The predicted octanol–water partition coefficient (Wildman–Crippen LogP) is 6.97. The van der Waals surface area contributed by atoms with Crippen LogP contribution in [0.5, 0.6) is 17.2 Å². The molecule has 0 bridgehead atoms. The van der Waals surface area contributed by atoms with Gasteiger partial charge in [0.2, 0.25) is 5.91 Å². The Morgan fingerprint density at radius 2 is 1.79 bits per heavy atom. The summed E-state index contributed by atoms with van der Waals surface area (Å²) in [7, 11) is 1.24. The lowest BCUT2D eigenvalue weighted by Crippen LogP contribution is -2.36. The van der Waals surface area contributed by atoms with Crippen LogP contribution < -0.4 is 19.5 Å². The van der Waals surface area contributed by atoms with E-state index < -0.39 is 35.3 Å². The molecule has 1 N–H and O–H groups in total. The third kappa shape index (κ3) is 7.56. The first-order valence-corrected chi connectivity index (χ1v) is 14.3. The zero-order valence-corrected chi connectivity index (χ0v) is 25.3. The van der Waals surface area contributed by atoms with E-state index in [1.807, 2.05) is 37.3 Å². The maximum absolute atomic E-state index is 13.1. The van der Waals surface area contributed by atoms with Gasteiger partial charge in [-0.25, -0.2) is 0 Å². The van der Waals surface area contributed by atoms with Gasteiger partial charge in [-0.15, -0.1) is 0 Å². The highest BCUT2D eigenvalue weighted by atomic mass is 127. The van der Waals surface area contributed by atoms with Crippen molar-refractivity contribution in [3.05, 3.63) is 85.8 Å². The van der Waals surface area contributed by atoms with Gasteiger partial charge in [0.05, 0.1) is 33.4 Å². The number of carbonyl (C=O) groups excluding carboxylic acids is 3. The molecule has 42 heavy (non-hydrogen) atoms. The second-order valence-electron chi connectivity index (χ2n) is 8.77. The van der Waals surface area contributed by atoms with Crippen molar-refractivity contribution in [3.8, 4) is 17.2 Å². The monoisotopic (exact) mass is 712 g/mol. The Morgan fingerprint density at radius 3 is 2.45 bits per heavy atom. The van der Waals surface area contributed by atoms with E-state index in [1.165, 1.54) is 13.2 Å². The highest BCUT2D eigenvalue weighted by molar-refractivity contribution is 14.1. The van der Waals surface area contributed by atoms with Crippen LogP contribution in [0.3, 0.4) is 0 Å². The third-order valence-electron chi connectivity index (χ3n) is 5.83. The van der Waals surface area contributed by atoms with Crippen molar-refractivity contribution >= 4 is 63.2 Å². The van der Waals surface area contributed by atoms with Crippen molar-refractivity contribution in [1.82, 2.24) is 4.90 Å². The summed E-state index contributed by atoms with van der Waals surface area (Å²) in [4.78, 5) is 39.1. The first-order valence-electron chi connectivity index (χ1n) is 12.4. The first-order chi connectivity index (χ1) is 20.0. The van der Waals surface area contributed by atoms with Gasteiger partial charge < -0.3 is 19.5 Å². The predicted molar refractivity (Wildman–Crippen MR) is 160 cm³/mol. The van der Waals surface area contributed by atoms with Crippen molar-refractivity contribution in [2.75, 3.05) is 25.6 Å². The minimum absolute atomic E-state index is 0.0127. The second-order valence-corrected chi connectivity index (χ2v) is 10.9. The molecule has 1 fully saturated rings. The van der Waals surface area contributed by atoms with Crippen LogP contribution in [0.2, 0.25) is 0 Å². The molecule has 4 rings (SSSR count). The molecule has 0 atom stereocenters. The largest absolute Gasteiger partial charge is 0.495 e. The summed E-state index contributed by atoms with van der Waals surface area (Å²) in [5.74, 6) is -0.604. The molecule has 3 amide bonds. The van der Waals surface area contributed by atoms with E-state index in [1.54, 1.807) is 12.1 Å². The number of benzene rings is 3. The molecule has 1 aliphatic heterocycles. The smallest absolute Gasteiger partial charge is 0.416 e. The van der Waals surface area contributed by atoms with E-state index in [0.717, 1.165) is 32.2 Å². The molecular weight excluding hydrogens is 688 g/mol. The zero-order valence-electron chi connectivity index (χ0n) is 22.3. The molecule has 0 spiro atoms. The molecule has 1 heterocycles. The van der Waals surface area contributed by atoms with Crippen molar-refractivity contribution in [2.45, 2.75) is 19.7 Å². The number of thioether (sulfide) groups is 1. The maximum Gasteiger partial charge on any atom is 0.416 e. The standard InChI is InChI=1S/C29H24F3IN2O6S/c1-3-40-23-12-18(11-20(33)26(23)41-16-17-7-5-4-6-8-17)13-24-27(37)35(28(38)42-24)15-25(36)34-21-14-19(29(30,31)32)9-10-22(21)39-2/h4-14H,3,15-16H2,1-2H3,(H,34,36)/b24-13-. The van der Waals surface area contributed by atoms with Crippen LogP contribution in [0, 0.1) is 3.57 Å². The number of halogens is 4. The van der Waals surface area contributed by atoms with Crippen LogP contribution in [-0.4, -0.2) is 42.2 Å². The number of hydrogen-bond acceptors (Lipinski definition) is 7. The minimum atomic E-state index is -4.64. The highest BCUT2D eigenvalue weighted by Crippen LogP contribution is 2.38. The number of amides is 3. The van der Waals surface area contributed by atoms with E-state index in [4.69, 9.17) is 14.2 Å². The lowest BCUT2D eigenvalue weighted by Gasteiger charge is -2.16. The number of carbonyl (C=O) groups is 3. The van der Waals surface area contributed by atoms with Gasteiger partial charge in [0.25, 0.3) is 11.1 Å². The molecular formula is C29H24F3IN2O6S. The van der Waals surface area contributed by atoms with Crippen LogP contribution in [0.1, 0.15) is 23.6 Å². The SMILES string of the molecule is CCOc1cc(/C=C2\SC(=O)N(CC(=O)Nc3cc(C(F)(F)F)ccc3OC)C2=O)cc(I)c1OCc1ccccc1. The Balaban J connectivity index is 1.50. The van der Waals surface area contributed by atoms with Crippen LogP contribution in [0.25, 0.3) is 6.08 Å². The molecule has 3 aromatic carbocycles. The summed E-state index contributed by atoms with van der Waals surface area (Å²) in [5, 5.41) is 1.60. The van der Waals surface area contributed by atoms with Gasteiger partial charge in [-0.3, -0.25) is 19.3 Å². The van der Waals surface area contributed by atoms with Gasteiger partial charge >= 0.3 is 6.18 Å². The molecule has 0 aromatic heterocycles. The van der Waals surface area contributed by atoms with Crippen LogP contribution in [0.4, 0.5) is 23.7 Å².